The average molecular weight is 341 g/mol. The molecular formula is C14H21BrN4O. The Kier molecular flexibility index (Phi) is 4.12. The molecule has 0 radical (unpaired) electrons. The first-order valence-electron chi connectivity index (χ1n) is 7.39. The molecule has 3 rings (SSSR count). The molecule has 1 saturated carbocycles. The van der Waals surface area contributed by atoms with E-state index in [0.717, 1.165) is 36.3 Å². The van der Waals surface area contributed by atoms with Crippen molar-refractivity contribution in [3.63, 3.8) is 0 Å². The van der Waals surface area contributed by atoms with Gasteiger partial charge in [0.2, 0.25) is 0 Å². The molecule has 6 heteroatoms. The van der Waals surface area contributed by atoms with Gasteiger partial charge < -0.3 is 10.2 Å². The minimum Gasteiger partial charge on any atom is -0.363 e. The van der Waals surface area contributed by atoms with Crippen molar-refractivity contribution in [2.24, 2.45) is 5.92 Å². The molecule has 2 heterocycles. The monoisotopic (exact) mass is 340 g/mol. The molecule has 1 aromatic heterocycles. The number of anilines is 1. The maximum Gasteiger partial charge on any atom is 0.291 e. The molecule has 1 aliphatic heterocycles. The van der Waals surface area contributed by atoms with E-state index in [9.17, 15) is 4.79 Å². The molecule has 0 unspecified atom stereocenters. The van der Waals surface area contributed by atoms with E-state index in [1.807, 2.05) is 0 Å². The summed E-state index contributed by atoms with van der Waals surface area (Å²) in [4.78, 5) is 14.9. The van der Waals surface area contributed by atoms with Gasteiger partial charge in [0, 0.05) is 32.2 Å². The molecular weight excluding hydrogens is 320 g/mol. The summed E-state index contributed by atoms with van der Waals surface area (Å²) in [5.74, 6) is 0.635. The normalized spacial score (nSPS) is 23.7. The van der Waals surface area contributed by atoms with Crippen LogP contribution in [0.4, 0.5) is 5.69 Å². The van der Waals surface area contributed by atoms with Crippen molar-refractivity contribution in [3.05, 3.63) is 21.0 Å². The minimum absolute atomic E-state index is 0.0420. The quantitative estimate of drug-likeness (QED) is 0.908. The van der Waals surface area contributed by atoms with Crippen molar-refractivity contribution >= 4 is 21.6 Å². The van der Waals surface area contributed by atoms with Crippen molar-refractivity contribution in [1.29, 1.82) is 0 Å². The van der Waals surface area contributed by atoms with Gasteiger partial charge in [0.25, 0.3) is 5.56 Å². The van der Waals surface area contributed by atoms with E-state index in [4.69, 9.17) is 0 Å². The number of rotatable bonds is 3. The fourth-order valence-corrected chi connectivity index (χ4v) is 3.44. The Balaban J connectivity index is 1.88. The van der Waals surface area contributed by atoms with E-state index in [1.165, 1.54) is 19.3 Å². The maximum atomic E-state index is 12.7. The first-order valence-corrected chi connectivity index (χ1v) is 8.18. The summed E-state index contributed by atoms with van der Waals surface area (Å²) < 4.78 is 2.46. The van der Waals surface area contributed by atoms with Crippen LogP contribution in [0.1, 0.15) is 26.2 Å². The molecule has 1 atom stereocenters. The third-order valence-corrected chi connectivity index (χ3v) is 4.89. The number of aromatic nitrogens is 2. The lowest BCUT2D eigenvalue weighted by Gasteiger charge is -2.34. The molecule has 1 saturated heterocycles. The summed E-state index contributed by atoms with van der Waals surface area (Å²) in [7, 11) is 0. The first-order chi connectivity index (χ1) is 9.65. The standard InChI is InChI=1S/C14H21BrN4O/c1-10-8-18(6-5-16-10)13-12(15)7-17-19(14(13)20)9-11-3-2-4-11/h7,10-11,16H,2-6,8-9H2,1H3/t10-/m1/s1. The molecule has 2 fully saturated rings. The maximum absolute atomic E-state index is 12.7. The lowest BCUT2D eigenvalue weighted by Crippen LogP contribution is -2.51. The van der Waals surface area contributed by atoms with Gasteiger partial charge in [0.05, 0.1) is 10.7 Å². The lowest BCUT2D eigenvalue weighted by atomic mass is 9.85. The van der Waals surface area contributed by atoms with Crippen molar-refractivity contribution in [2.45, 2.75) is 38.8 Å². The summed E-state index contributed by atoms with van der Waals surface area (Å²) in [5, 5.41) is 7.69. The molecule has 0 spiro atoms. The van der Waals surface area contributed by atoms with Crippen molar-refractivity contribution in [1.82, 2.24) is 15.1 Å². The number of nitrogens with one attached hydrogen (secondary N) is 1. The van der Waals surface area contributed by atoms with Gasteiger partial charge in [0.15, 0.2) is 0 Å². The van der Waals surface area contributed by atoms with Crippen LogP contribution in [-0.2, 0) is 6.54 Å². The van der Waals surface area contributed by atoms with E-state index in [-0.39, 0.29) is 5.56 Å². The fourth-order valence-electron chi connectivity index (χ4n) is 2.93. The van der Waals surface area contributed by atoms with Crippen LogP contribution >= 0.6 is 15.9 Å². The van der Waals surface area contributed by atoms with Gasteiger partial charge in [-0.05, 0) is 41.6 Å². The number of halogens is 1. The van der Waals surface area contributed by atoms with E-state index >= 15 is 0 Å². The van der Waals surface area contributed by atoms with Crippen LogP contribution in [0.25, 0.3) is 0 Å². The topological polar surface area (TPSA) is 50.2 Å². The van der Waals surface area contributed by atoms with Crippen LogP contribution in [0.2, 0.25) is 0 Å². The molecule has 0 bridgehead atoms. The molecule has 0 amide bonds. The van der Waals surface area contributed by atoms with Gasteiger partial charge in [0.1, 0.15) is 5.69 Å². The predicted molar refractivity (Wildman–Crippen MR) is 83.2 cm³/mol. The van der Waals surface area contributed by atoms with Crippen LogP contribution in [-0.4, -0.2) is 35.5 Å². The lowest BCUT2D eigenvalue weighted by molar-refractivity contribution is 0.261. The van der Waals surface area contributed by atoms with Gasteiger partial charge in [-0.3, -0.25) is 4.79 Å². The van der Waals surface area contributed by atoms with Crippen molar-refractivity contribution in [3.8, 4) is 0 Å². The van der Waals surface area contributed by atoms with Crippen LogP contribution < -0.4 is 15.8 Å². The fraction of sp³-hybridized carbons (Fsp3) is 0.714. The molecule has 1 aliphatic carbocycles. The Morgan fingerprint density at radius 3 is 2.95 bits per heavy atom. The van der Waals surface area contributed by atoms with Gasteiger partial charge in [-0.15, -0.1) is 0 Å². The Labute approximate surface area is 127 Å². The highest BCUT2D eigenvalue weighted by Crippen LogP contribution is 2.28. The second-order valence-electron chi connectivity index (χ2n) is 5.93. The number of hydrogen-bond acceptors (Lipinski definition) is 4. The highest BCUT2D eigenvalue weighted by atomic mass is 79.9. The zero-order chi connectivity index (χ0) is 14.1. The Morgan fingerprint density at radius 1 is 1.50 bits per heavy atom. The number of piperazine rings is 1. The van der Waals surface area contributed by atoms with Crippen molar-refractivity contribution < 1.29 is 0 Å². The van der Waals surface area contributed by atoms with Crippen LogP contribution in [0.15, 0.2) is 15.5 Å². The molecule has 110 valence electrons. The van der Waals surface area contributed by atoms with Crippen LogP contribution in [0.3, 0.4) is 0 Å². The van der Waals surface area contributed by atoms with E-state index < -0.39 is 0 Å². The zero-order valence-corrected chi connectivity index (χ0v) is 13.4. The van der Waals surface area contributed by atoms with Gasteiger partial charge in [-0.2, -0.15) is 5.10 Å². The Morgan fingerprint density at radius 2 is 2.30 bits per heavy atom. The highest BCUT2D eigenvalue weighted by molar-refractivity contribution is 9.10. The summed E-state index contributed by atoms with van der Waals surface area (Å²) in [6.45, 7) is 5.56. The third-order valence-electron chi connectivity index (χ3n) is 4.31. The second-order valence-corrected chi connectivity index (χ2v) is 6.78. The molecule has 0 aromatic carbocycles. The largest absolute Gasteiger partial charge is 0.363 e. The first kappa shape index (κ1) is 14.1. The molecule has 1 N–H and O–H groups in total. The summed E-state index contributed by atoms with van der Waals surface area (Å²) in [6.07, 6.45) is 5.51. The predicted octanol–water partition coefficient (Wildman–Crippen LogP) is 1.60. The smallest absolute Gasteiger partial charge is 0.291 e. The molecule has 2 aliphatic rings. The van der Waals surface area contributed by atoms with Crippen molar-refractivity contribution in [2.75, 3.05) is 24.5 Å². The van der Waals surface area contributed by atoms with Crippen LogP contribution in [0.5, 0.6) is 0 Å². The van der Waals surface area contributed by atoms with E-state index in [2.05, 4.69) is 38.2 Å². The second kappa shape index (κ2) is 5.85. The summed E-state index contributed by atoms with van der Waals surface area (Å²) >= 11 is 3.50. The molecule has 20 heavy (non-hydrogen) atoms. The van der Waals surface area contributed by atoms with E-state index in [1.54, 1.807) is 10.9 Å². The summed E-state index contributed by atoms with van der Waals surface area (Å²) in [6, 6.07) is 0.406. The van der Waals surface area contributed by atoms with Gasteiger partial charge in [-0.25, -0.2) is 4.68 Å². The number of hydrogen-bond donors (Lipinski definition) is 1. The minimum atomic E-state index is 0.0420. The zero-order valence-electron chi connectivity index (χ0n) is 11.8. The van der Waals surface area contributed by atoms with Gasteiger partial charge >= 0.3 is 0 Å². The average Bonchev–Trinajstić information content (AvgIpc) is 2.36. The Bertz CT molecular complexity index is 540. The summed E-state index contributed by atoms with van der Waals surface area (Å²) in [5.41, 5.74) is 0.813. The van der Waals surface area contributed by atoms with Gasteiger partial charge in [-0.1, -0.05) is 6.42 Å². The van der Waals surface area contributed by atoms with E-state index in [0.29, 0.717) is 12.0 Å². The number of nitrogens with zero attached hydrogens (tertiary/aromatic N) is 3. The SMILES string of the molecule is C[C@@H]1CN(c2c(Br)cnn(CC3CCC3)c2=O)CCN1. The highest BCUT2D eigenvalue weighted by Gasteiger charge is 2.24. The Hall–Kier alpha value is -0.880. The molecule has 5 nitrogen and oxygen atoms in total. The van der Waals surface area contributed by atoms with Crippen LogP contribution in [0, 0.1) is 5.92 Å². The molecule has 1 aromatic rings. The third kappa shape index (κ3) is 2.76.